The highest BCUT2D eigenvalue weighted by Gasteiger charge is 2.02. The van der Waals surface area contributed by atoms with Crippen LogP contribution in [0.2, 0.25) is 0 Å². The van der Waals surface area contributed by atoms with E-state index >= 15 is 0 Å². The highest BCUT2D eigenvalue weighted by Crippen LogP contribution is 2.30. The van der Waals surface area contributed by atoms with E-state index in [1.54, 1.807) is 11.8 Å². The Kier molecular flexibility index (Phi) is 5.04. The lowest BCUT2D eigenvalue weighted by atomic mass is 10.1. The Bertz CT molecular complexity index is 863. The Morgan fingerprint density at radius 2 is 0.885 bits per heavy atom. The first kappa shape index (κ1) is 16.5. The van der Waals surface area contributed by atoms with E-state index in [4.69, 9.17) is 4.74 Å². The van der Waals surface area contributed by atoms with Crippen LogP contribution in [0.15, 0.2) is 119 Å². The van der Waals surface area contributed by atoms with E-state index in [0.717, 1.165) is 11.5 Å². The van der Waals surface area contributed by atoms with Crippen LogP contribution in [0.5, 0.6) is 11.5 Å². The molecule has 0 unspecified atom stereocenters. The SMILES string of the molecule is c1ccc(Oc2ccc(-c3ccc(Sc4ccccc4)cc3)cc2)cc1. The molecule has 1 nitrogen and oxygen atoms in total. The van der Waals surface area contributed by atoms with Gasteiger partial charge in [-0.3, -0.25) is 0 Å². The van der Waals surface area contributed by atoms with Gasteiger partial charge in [0.2, 0.25) is 0 Å². The number of hydrogen-bond acceptors (Lipinski definition) is 2. The van der Waals surface area contributed by atoms with Crippen LogP contribution in [-0.2, 0) is 0 Å². The summed E-state index contributed by atoms with van der Waals surface area (Å²) in [6, 6.07) is 37.1. The van der Waals surface area contributed by atoms with Gasteiger partial charge in [-0.05, 0) is 59.7 Å². The topological polar surface area (TPSA) is 9.23 Å². The molecule has 0 radical (unpaired) electrons. The normalized spacial score (nSPS) is 10.5. The van der Waals surface area contributed by atoms with Gasteiger partial charge in [0.25, 0.3) is 0 Å². The van der Waals surface area contributed by atoms with Crippen molar-refractivity contribution < 1.29 is 4.74 Å². The second-order valence-electron chi connectivity index (χ2n) is 5.88. The molecule has 0 saturated heterocycles. The van der Waals surface area contributed by atoms with Gasteiger partial charge in [0.05, 0.1) is 0 Å². The Hall–Kier alpha value is -2.97. The minimum Gasteiger partial charge on any atom is -0.457 e. The predicted molar refractivity (Wildman–Crippen MR) is 109 cm³/mol. The first-order chi connectivity index (χ1) is 12.9. The molecule has 26 heavy (non-hydrogen) atoms. The molecule has 4 aromatic carbocycles. The highest BCUT2D eigenvalue weighted by molar-refractivity contribution is 7.99. The fraction of sp³-hybridized carbons (Fsp3) is 0. The molecule has 0 aliphatic carbocycles. The summed E-state index contributed by atoms with van der Waals surface area (Å²) in [5.74, 6) is 1.69. The number of benzene rings is 4. The van der Waals surface area contributed by atoms with Crippen LogP contribution in [0.4, 0.5) is 0 Å². The average Bonchev–Trinajstić information content (AvgIpc) is 2.71. The monoisotopic (exact) mass is 354 g/mol. The van der Waals surface area contributed by atoms with Gasteiger partial charge in [0.15, 0.2) is 0 Å². The second-order valence-corrected chi connectivity index (χ2v) is 7.03. The van der Waals surface area contributed by atoms with Crippen molar-refractivity contribution in [3.8, 4) is 22.6 Å². The minimum atomic E-state index is 0.844. The van der Waals surface area contributed by atoms with Gasteiger partial charge in [0, 0.05) is 9.79 Å². The van der Waals surface area contributed by atoms with Crippen molar-refractivity contribution in [1.29, 1.82) is 0 Å². The number of hydrogen-bond donors (Lipinski definition) is 0. The number of para-hydroxylation sites is 1. The zero-order valence-corrected chi connectivity index (χ0v) is 15.0. The van der Waals surface area contributed by atoms with E-state index in [-0.39, 0.29) is 0 Å². The second kappa shape index (κ2) is 7.94. The number of ether oxygens (including phenoxy) is 1. The Labute approximate surface area is 158 Å². The van der Waals surface area contributed by atoms with Crippen molar-refractivity contribution in [3.63, 3.8) is 0 Å². The average molecular weight is 354 g/mol. The van der Waals surface area contributed by atoms with E-state index in [1.165, 1.54) is 20.9 Å². The van der Waals surface area contributed by atoms with E-state index in [0.29, 0.717) is 0 Å². The maximum absolute atomic E-state index is 5.85. The van der Waals surface area contributed by atoms with Crippen molar-refractivity contribution >= 4 is 11.8 Å². The van der Waals surface area contributed by atoms with Crippen LogP contribution in [0, 0.1) is 0 Å². The van der Waals surface area contributed by atoms with E-state index in [9.17, 15) is 0 Å². The van der Waals surface area contributed by atoms with Crippen molar-refractivity contribution in [3.05, 3.63) is 109 Å². The van der Waals surface area contributed by atoms with Gasteiger partial charge in [-0.25, -0.2) is 0 Å². The van der Waals surface area contributed by atoms with Crippen LogP contribution >= 0.6 is 11.8 Å². The summed E-state index contributed by atoms with van der Waals surface area (Å²) >= 11 is 1.78. The Morgan fingerprint density at radius 3 is 1.50 bits per heavy atom. The molecule has 0 heterocycles. The van der Waals surface area contributed by atoms with Crippen molar-refractivity contribution in [2.75, 3.05) is 0 Å². The number of rotatable bonds is 5. The third kappa shape index (κ3) is 4.16. The van der Waals surface area contributed by atoms with Gasteiger partial charge in [-0.2, -0.15) is 0 Å². The smallest absolute Gasteiger partial charge is 0.127 e. The van der Waals surface area contributed by atoms with E-state index < -0.39 is 0 Å². The third-order valence-electron chi connectivity index (χ3n) is 4.00. The molecule has 0 bridgehead atoms. The van der Waals surface area contributed by atoms with E-state index in [2.05, 4.69) is 60.7 Å². The molecule has 126 valence electrons. The zero-order chi connectivity index (χ0) is 17.6. The summed E-state index contributed by atoms with van der Waals surface area (Å²) in [4.78, 5) is 2.49. The lowest BCUT2D eigenvalue weighted by Gasteiger charge is -2.08. The van der Waals surface area contributed by atoms with Crippen molar-refractivity contribution in [1.82, 2.24) is 0 Å². The van der Waals surface area contributed by atoms with Gasteiger partial charge < -0.3 is 4.74 Å². The van der Waals surface area contributed by atoms with Crippen LogP contribution in [0.3, 0.4) is 0 Å². The van der Waals surface area contributed by atoms with Gasteiger partial charge in [0.1, 0.15) is 11.5 Å². The summed E-state index contributed by atoms with van der Waals surface area (Å²) in [6.45, 7) is 0. The molecule has 2 heteroatoms. The van der Waals surface area contributed by atoms with Crippen LogP contribution in [0.25, 0.3) is 11.1 Å². The molecule has 4 rings (SSSR count). The molecule has 0 amide bonds. The third-order valence-corrected chi connectivity index (χ3v) is 5.02. The molecule has 0 atom stereocenters. The summed E-state index contributed by atoms with van der Waals surface area (Å²) in [5, 5.41) is 0. The van der Waals surface area contributed by atoms with Gasteiger partial charge >= 0.3 is 0 Å². The van der Waals surface area contributed by atoms with Gasteiger partial charge in [-0.15, -0.1) is 0 Å². The molecular weight excluding hydrogens is 336 g/mol. The van der Waals surface area contributed by atoms with Crippen molar-refractivity contribution in [2.45, 2.75) is 9.79 Å². The summed E-state index contributed by atoms with van der Waals surface area (Å²) in [5.41, 5.74) is 2.38. The molecular formula is C24H18OS. The van der Waals surface area contributed by atoms with Crippen LogP contribution < -0.4 is 4.74 Å². The first-order valence-corrected chi connectivity index (χ1v) is 9.35. The fourth-order valence-corrected chi connectivity index (χ4v) is 3.52. The minimum absolute atomic E-state index is 0.844. The largest absolute Gasteiger partial charge is 0.457 e. The first-order valence-electron chi connectivity index (χ1n) is 8.53. The molecule has 0 spiro atoms. The Balaban J connectivity index is 1.45. The molecule has 0 N–H and O–H groups in total. The summed E-state index contributed by atoms with van der Waals surface area (Å²) in [6.07, 6.45) is 0. The maximum Gasteiger partial charge on any atom is 0.127 e. The molecule has 0 aromatic heterocycles. The maximum atomic E-state index is 5.85. The van der Waals surface area contributed by atoms with Crippen LogP contribution in [0.1, 0.15) is 0 Å². The quantitative estimate of drug-likeness (QED) is 0.372. The highest BCUT2D eigenvalue weighted by atomic mass is 32.2. The van der Waals surface area contributed by atoms with E-state index in [1.807, 2.05) is 48.5 Å². The zero-order valence-electron chi connectivity index (χ0n) is 14.2. The molecule has 0 saturated carbocycles. The lowest BCUT2D eigenvalue weighted by molar-refractivity contribution is 0.483. The Morgan fingerprint density at radius 1 is 0.423 bits per heavy atom. The summed E-state index contributed by atoms with van der Waals surface area (Å²) < 4.78 is 5.85. The standard InChI is InChI=1S/C24H18OS/c1-3-7-21(8-4-1)25-22-15-11-19(12-16-22)20-13-17-24(18-14-20)26-23-9-5-2-6-10-23/h1-18H. The molecule has 4 aromatic rings. The summed E-state index contributed by atoms with van der Waals surface area (Å²) in [7, 11) is 0. The molecule has 0 fully saturated rings. The van der Waals surface area contributed by atoms with Gasteiger partial charge in [-0.1, -0.05) is 72.4 Å². The molecule has 0 aliphatic heterocycles. The van der Waals surface area contributed by atoms with Crippen LogP contribution in [-0.4, -0.2) is 0 Å². The molecule has 0 aliphatic rings. The lowest BCUT2D eigenvalue weighted by Crippen LogP contribution is -1.84. The fourth-order valence-electron chi connectivity index (χ4n) is 2.68. The predicted octanol–water partition coefficient (Wildman–Crippen LogP) is 7.30. The van der Waals surface area contributed by atoms with Crippen molar-refractivity contribution in [2.24, 2.45) is 0 Å².